The summed E-state index contributed by atoms with van der Waals surface area (Å²) < 4.78 is 0. The van der Waals surface area contributed by atoms with Crippen LogP contribution < -0.4 is 0 Å². The van der Waals surface area contributed by atoms with Crippen LogP contribution in [0.5, 0.6) is 0 Å². The van der Waals surface area contributed by atoms with Crippen LogP contribution in [-0.4, -0.2) is 35.4 Å². The SMILES string of the molecule is O=C(CN1CC2CC(O)(c3ccccc3)C[C@@H]2C1)c1ccccc1. The molecule has 3 heteroatoms. The molecule has 2 aromatic rings. The van der Waals surface area contributed by atoms with Crippen LogP contribution in [0.2, 0.25) is 0 Å². The first-order valence-corrected chi connectivity index (χ1v) is 8.72. The van der Waals surface area contributed by atoms with Gasteiger partial charge in [-0.25, -0.2) is 0 Å². The van der Waals surface area contributed by atoms with Gasteiger partial charge in [-0.3, -0.25) is 9.69 Å². The van der Waals surface area contributed by atoms with Gasteiger partial charge in [-0.15, -0.1) is 0 Å². The number of aliphatic hydroxyl groups is 1. The van der Waals surface area contributed by atoms with Gasteiger partial charge in [0.15, 0.2) is 5.78 Å². The molecule has 1 saturated heterocycles. The number of ketones is 1. The summed E-state index contributed by atoms with van der Waals surface area (Å²) >= 11 is 0. The average molecular weight is 321 g/mol. The molecule has 0 radical (unpaired) electrons. The van der Waals surface area contributed by atoms with Crippen LogP contribution in [0.1, 0.15) is 28.8 Å². The molecule has 1 aliphatic heterocycles. The second-order valence-corrected chi connectivity index (χ2v) is 7.31. The molecular formula is C21H23NO2. The largest absolute Gasteiger partial charge is 0.385 e. The van der Waals surface area contributed by atoms with E-state index in [2.05, 4.69) is 4.90 Å². The zero-order valence-electron chi connectivity index (χ0n) is 13.8. The molecule has 4 rings (SSSR count). The van der Waals surface area contributed by atoms with E-state index in [1.807, 2.05) is 60.7 Å². The Balaban J connectivity index is 1.39. The summed E-state index contributed by atoms with van der Waals surface area (Å²) in [5.41, 5.74) is 1.13. The van der Waals surface area contributed by atoms with Crippen LogP contribution in [0, 0.1) is 11.8 Å². The number of benzene rings is 2. The zero-order valence-corrected chi connectivity index (χ0v) is 13.8. The van der Waals surface area contributed by atoms with Crippen molar-refractivity contribution in [2.24, 2.45) is 11.8 Å². The standard InChI is InChI=1S/C21H23NO2/c23-20(16-7-3-1-4-8-16)15-22-13-17-11-21(24,12-18(17)14-22)19-9-5-2-6-10-19/h1-10,17-18,24H,11-15H2/t17-,18?,21?/m1/s1. The number of likely N-dealkylation sites (tertiary alicyclic amines) is 1. The summed E-state index contributed by atoms with van der Waals surface area (Å²) in [5.74, 6) is 1.16. The van der Waals surface area contributed by atoms with Crippen LogP contribution in [0.3, 0.4) is 0 Å². The lowest BCUT2D eigenvalue weighted by atomic mass is 9.90. The van der Waals surface area contributed by atoms with Crippen molar-refractivity contribution in [2.45, 2.75) is 18.4 Å². The Bertz CT molecular complexity index is 699. The highest BCUT2D eigenvalue weighted by atomic mass is 16.3. The van der Waals surface area contributed by atoms with Gasteiger partial charge in [-0.05, 0) is 30.2 Å². The van der Waals surface area contributed by atoms with E-state index in [-0.39, 0.29) is 5.78 Å². The Kier molecular flexibility index (Phi) is 3.99. The maximum Gasteiger partial charge on any atom is 0.176 e. The van der Waals surface area contributed by atoms with Gasteiger partial charge >= 0.3 is 0 Å². The first kappa shape index (κ1) is 15.6. The maximum absolute atomic E-state index is 12.4. The molecule has 1 aliphatic carbocycles. The molecule has 2 aliphatic rings. The fraction of sp³-hybridized carbons (Fsp3) is 0.381. The Hall–Kier alpha value is -1.97. The summed E-state index contributed by atoms with van der Waals surface area (Å²) in [5, 5.41) is 11.0. The molecule has 3 atom stereocenters. The molecule has 24 heavy (non-hydrogen) atoms. The van der Waals surface area contributed by atoms with Gasteiger partial charge in [0.25, 0.3) is 0 Å². The van der Waals surface area contributed by atoms with Gasteiger partial charge in [0, 0.05) is 18.7 Å². The first-order chi connectivity index (χ1) is 11.6. The van der Waals surface area contributed by atoms with E-state index >= 15 is 0 Å². The normalized spacial score (nSPS) is 29.5. The lowest BCUT2D eigenvalue weighted by Gasteiger charge is -2.26. The number of hydrogen-bond acceptors (Lipinski definition) is 3. The number of nitrogens with zero attached hydrogens (tertiary/aromatic N) is 1. The van der Waals surface area contributed by atoms with E-state index in [4.69, 9.17) is 0 Å². The van der Waals surface area contributed by atoms with Crippen molar-refractivity contribution < 1.29 is 9.90 Å². The molecule has 0 aromatic heterocycles. The highest BCUT2D eigenvalue weighted by Gasteiger charge is 2.49. The van der Waals surface area contributed by atoms with Crippen molar-refractivity contribution in [3.05, 3.63) is 71.8 Å². The predicted octanol–water partition coefficient (Wildman–Crippen LogP) is 3.10. The molecular weight excluding hydrogens is 298 g/mol. The summed E-state index contributed by atoms with van der Waals surface area (Å²) in [4.78, 5) is 14.6. The third-order valence-electron chi connectivity index (χ3n) is 5.63. The molecule has 2 aromatic carbocycles. The molecule has 0 spiro atoms. The summed E-state index contributed by atoms with van der Waals surface area (Å²) in [6.45, 7) is 2.32. The van der Waals surface area contributed by atoms with E-state index in [1.165, 1.54) is 0 Å². The third-order valence-corrected chi connectivity index (χ3v) is 5.63. The molecule has 0 bridgehead atoms. The highest BCUT2D eigenvalue weighted by Crippen LogP contribution is 2.48. The van der Waals surface area contributed by atoms with E-state index in [9.17, 15) is 9.90 Å². The van der Waals surface area contributed by atoms with Crippen molar-refractivity contribution in [1.82, 2.24) is 4.90 Å². The molecule has 2 unspecified atom stereocenters. The van der Waals surface area contributed by atoms with Gasteiger partial charge in [-0.1, -0.05) is 60.7 Å². The molecule has 3 nitrogen and oxygen atoms in total. The van der Waals surface area contributed by atoms with Crippen molar-refractivity contribution in [1.29, 1.82) is 0 Å². The Labute approximate surface area is 142 Å². The average Bonchev–Trinajstić information content (AvgIpc) is 3.11. The minimum absolute atomic E-state index is 0.189. The Morgan fingerprint density at radius 2 is 1.50 bits per heavy atom. The van der Waals surface area contributed by atoms with Crippen LogP contribution in [0.15, 0.2) is 60.7 Å². The monoisotopic (exact) mass is 321 g/mol. The van der Waals surface area contributed by atoms with Crippen molar-refractivity contribution in [3.63, 3.8) is 0 Å². The molecule has 0 amide bonds. The topological polar surface area (TPSA) is 40.5 Å². The molecule has 1 saturated carbocycles. The van der Waals surface area contributed by atoms with Crippen molar-refractivity contribution in [3.8, 4) is 0 Å². The van der Waals surface area contributed by atoms with Crippen LogP contribution in [0.25, 0.3) is 0 Å². The van der Waals surface area contributed by atoms with Gasteiger partial charge < -0.3 is 5.11 Å². The minimum atomic E-state index is -0.688. The van der Waals surface area contributed by atoms with E-state index in [0.29, 0.717) is 18.4 Å². The quantitative estimate of drug-likeness (QED) is 0.880. The maximum atomic E-state index is 12.4. The lowest BCUT2D eigenvalue weighted by Crippen LogP contribution is -2.31. The zero-order chi connectivity index (χ0) is 16.6. The second-order valence-electron chi connectivity index (χ2n) is 7.31. The van der Waals surface area contributed by atoms with Crippen molar-refractivity contribution in [2.75, 3.05) is 19.6 Å². The molecule has 1 heterocycles. The van der Waals surface area contributed by atoms with E-state index < -0.39 is 5.60 Å². The van der Waals surface area contributed by atoms with Crippen LogP contribution in [-0.2, 0) is 5.60 Å². The number of rotatable bonds is 4. The smallest absolute Gasteiger partial charge is 0.176 e. The molecule has 124 valence electrons. The van der Waals surface area contributed by atoms with Crippen LogP contribution >= 0.6 is 0 Å². The number of hydrogen-bond donors (Lipinski definition) is 1. The predicted molar refractivity (Wildman–Crippen MR) is 93.8 cm³/mol. The minimum Gasteiger partial charge on any atom is -0.385 e. The highest BCUT2D eigenvalue weighted by molar-refractivity contribution is 5.97. The summed E-state index contributed by atoms with van der Waals surface area (Å²) in [6, 6.07) is 19.5. The Morgan fingerprint density at radius 1 is 0.958 bits per heavy atom. The van der Waals surface area contributed by atoms with E-state index in [1.54, 1.807) is 0 Å². The van der Waals surface area contributed by atoms with Gasteiger partial charge in [0.1, 0.15) is 0 Å². The number of carbonyl (C=O) groups is 1. The number of Topliss-reactive ketones (excluding diaryl/α,β-unsaturated/α-hetero) is 1. The number of carbonyl (C=O) groups excluding carboxylic acids is 1. The Morgan fingerprint density at radius 3 is 2.08 bits per heavy atom. The van der Waals surface area contributed by atoms with Gasteiger partial charge in [0.05, 0.1) is 12.1 Å². The third kappa shape index (κ3) is 2.90. The molecule has 2 fully saturated rings. The van der Waals surface area contributed by atoms with E-state index in [0.717, 1.165) is 37.1 Å². The number of fused-ring (bicyclic) bond motifs is 1. The van der Waals surface area contributed by atoms with Gasteiger partial charge in [-0.2, -0.15) is 0 Å². The summed E-state index contributed by atoms with van der Waals surface area (Å²) in [7, 11) is 0. The van der Waals surface area contributed by atoms with Crippen LogP contribution in [0.4, 0.5) is 0 Å². The van der Waals surface area contributed by atoms with Crippen molar-refractivity contribution >= 4 is 5.78 Å². The van der Waals surface area contributed by atoms with Gasteiger partial charge in [0.2, 0.25) is 0 Å². The lowest BCUT2D eigenvalue weighted by molar-refractivity contribution is 0.0315. The summed E-state index contributed by atoms with van der Waals surface area (Å²) in [6.07, 6.45) is 1.61. The fourth-order valence-corrected chi connectivity index (χ4v) is 4.48. The fourth-order valence-electron chi connectivity index (χ4n) is 4.48. The molecule has 1 N–H and O–H groups in total. The first-order valence-electron chi connectivity index (χ1n) is 8.72. The second kappa shape index (κ2) is 6.15.